The lowest BCUT2D eigenvalue weighted by molar-refractivity contribution is 0.220. The second-order valence-corrected chi connectivity index (χ2v) is 6.27. The van der Waals surface area contributed by atoms with Gasteiger partial charge in [0.15, 0.2) is 0 Å². The van der Waals surface area contributed by atoms with Crippen molar-refractivity contribution in [2.75, 3.05) is 26.6 Å². The summed E-state index contributed by atoms with van der Waals surface area (Å²) in [6, 6.07) is 12.7. The van der Waals surface area contributed by atoms with Crippen LogP contribution in [0.1, 0.15) is 17.2 Å². The van der Waals surface area contributed by atoms with Gasteiger partial charge in [0.25, 0.3) is 5.19 Å². The molecule has 26 heavy (non-hydrogen) atoms. The summed E-state index contributed by atoms with van der Waals surface area (Å²) in [4.78, 5) is 0. The molecule has 3 rings (SSSR count). The molecule has 0 aliphatic heterocycles. The number of aliphatic hydroxyl groups excluding tert-OH is 1. The minimum atomic E-state index is -0.853. The summed E-state index contributed by atoms with van der Waals surface area (Å²) in [6.07, 6.45) is -0.853. The maximum absolute atomic E-state index is 10.9. The third kappa shape index (κ3) is 3.87. The van der Waals surface area contributed by atoms with Crippen LogP contribution in [-0.4, -0.2) is 36.6 Å². The van der Waals surface area contributed by atoms with Gasteiger partial charge in [-0.15, -0.1) is 5.10 Å². The normalized spacial score (nSPS) is 11.7. The van der Waals surface area contributed by atoms with E-state index in [1.807, 2.05) is 24.3 Å². The molecule has 0 radical (unpaired) electrons. The van der Waals surface area contributed by atoms with Gasteiger partial charge in [-0.05, 0) is 47.2 Å². The van der Waals surface area contributed by atoms with Crippen LogP contribution in [0.15, 0.2) is 42.5 Å². The number of nitrogens with zero attached hydrogens (tertiary/aromatic N) is 2. The van der Waals surface area contributed by atoms with Crippen LogP contribution in [0, 0.1) is 0 Å². The largest absolute Gasteiger partial charge is 0.497 e. The van der Waals surface area contributed by atoms with Crippen LogP contribution in [0.25, 0.3) is 0 Å². The molecule has 2 aromatic carbocycles. The molecule has 7 nitrogen and oxygen atoms in total. The minimum absolute atomic E-state index is 0.457. The number of anilines is 2. The second kappa shape index (κ2) is 8.03. The van der Waals surface area contributed by atoms with Gasteiger partial charge in [-0.2, -0.15) is 0 Å². The number of methoxy groups -OCH3 is 3. The second-order valence-electron chi connectivity index (χ2n) is 5.33. The lowest BCUT2D eigenvalue weighted by Crippen LogP contribution is -2.05. The first-order valence-corrected chi connectivity index (χ1v) is 8.60. The van der Waals surface area contributed by atoms with E-state index in [0.29, 0.717) is 27.3 Å². The van der Waals surface area contributed by atoms with Gasteiger partial charge < -0.3 is 24.6 Å². The molecule has 1 aromatic heterocycles. The lowest BCUT2D eigenvalue weighted by Gasteiger charge is -2.17. The topological polar surface area (TPSA) is 85.7 Å². The molecule has 0 saturated heterocycles. The average Bonchev–Trinajstić information content (AvgIpc) is 3.15. The van der Waals surface area contributed by atoms with E-state index in [1.54, 1.807) is 32.4 Å². The molecule has 0 saturated carbocycles. The molecule has 0 spiro atoms. The zero-order valence-corrected chi connectivity index (χ0v) is 15.4. The highest BCUT2D eigenvalue weighted by molar-refractivity contribution is 7.17. The standard InChI is InChI=1S/C18H19N3O4S/c1-23-12-6-4-11(5-7-12)16(22)14-10-13(24-2)8-9-15(14)19-17-20-21-18(25-3)26-17/h4-10,16,22H,1-3H3,(H,19,20). The Kier molecular flexibility index (Phi) is 5.55. The van der Waals surface area contributed by atoms with E-state index in [-0.39, 0.29) is 0 Å². The van der Waals surface area contributed by atoms with Crippen molar-refractivity contribution in [2.24, 2.45) is 0 Å². The molecule has 0 fully saturated rings. The van der Waals surface area contributed by atoms with Crippen LogP contribution in [-0.2, 0) is 0 Å². The van der Waals surface area contributed by atoms with Gasteiger partial charge in [-0.25, -0.2) is 0 Å². The zero-order chi connectivity index (χ0) is 18.5. The molecule has 0 amide bonds. The summed E-state index contributed by atoms with van der Waals surface area (Å²) < 4.78 is 15.5. The molecular formula is C18H19N3O4S. The number of aromatic nitrogens is 2. The third-order valence-electron chi connectivity index (χ3n) is 3.81. The van der Waals surface area contributed by atoms with E-state index in [4.69, 9.17) is 14.2 Å². The number of aliphatic hydroxyl groups is 1. The highest BCUT2D eigenvalue weighted by Crippen LogP contribution is 2.35. The molecule has 1 unspecified atom stereocenters. The van der Waals surface area contributed by atoms with Crippen LogP contribution < -0.4 is 19.5 Å². The number of hydrogen-bond acceptors (Lipinski definition) is 8. The summed E-state index contributed by atoms with van der Waals surface area (Å²) >= 11 is 1.27. The van der Waals surface area contributed by atoms with E-state index in [1.165, 1.54) is 18.4 Å². The molecule has 0 aliphatic rings. The molecule has 1 atom stereocenters. The zero-order valence-electron chi connectivity index (χ0n) is 14.6. The Hall–Kier alpha value is -2.84. The smallest absolute Gasteiger partial charge is 0.295 e. The fourth-order valence-electron chi connectivity index (χ4n) is 2.43. The first kappa shape index (κ1) is 18.0. The van der Waals surface area contributed by atoms with Crippen LogP contribution in [0.5, 0.6) is 16.7 Å². The van der Waals surface area contributed by atoms with Crippen molar-refractivity contribution >= 4 is 22.2 Å². The Morgan fingerprint density at radius 1 is 0.923 bits per heavy atom. The van der Waals surface area contributed by atoms with Crippen LogP contribution in [0.3, 0.4) is 0 Å². The molecule has 1 heterocycles. The average molecular weight is 373 g/mol. The summed E-state index contributed by atoms with van der Waals surface area (Å²) in [6.45, 7) is 0. The third-order valence-corrected chi connectivity index (χ3v) is 4.61. The van der Waals surface area contributed by atoms with Gasteiger partial charge in [-0.1, -0.05) is 17.2 Å². The van der Waals surface area contributed by atoms with Gasteiger partial charge in [-0.3, -0.25) is 0 Å². The van der Waals surface area contributed by atoms with Crippen molar-refractivity contribution in [1.82, 2.24) is 10.2 Å². The quantitative estimate of drug-likeness (QED) is 0.656. The summed E-state index contributed by atoms with van der Waals surface area (Å²) in [7, 11) is 4.73. The number of nitrogens with one attached hydrogen (secondary N) is 1. The van der Waals surface area contributed by atoms with Gasteiger partial charge in [0, 0.05) is 11.3 Å². The minimum Gasteiger partial charge on any atom is -0.497 e. The Balaban J connectivity index is 1.94. The van der Waals surface area contributed by atoms with Gasteiger partial charge >= 0.3 is 0 Å². The Morgan fingerprint density at radius 2 is 1.62 bits per heavy atom. The monoisotopic (exact) mass is 373 g/mol. The van der Waals surface area contributed by atoms with Crippen LogP contribution in [0.2, 0.25) is 0 Å². The molecule has 3 aromatic rings. The number of rotatable bonds is 7. The van der Waals surface area contributed by atoms with Crippen molar-refractivity contribution in [2.45, 2.75) is 6.10 Å². The number of ether oxygens (including phenoxy) is 3. The predicted octanol–water partition coefficient (Wildman–Crippen LogP) is 3.39. The highest BCUT2D eigenvalue weighted by atomic mass is 32.1. The molecular weight excluding hydrogens is 354 g/mol. The molecule has 0 bridgehead atoms. The maximum Gasteiger partial charge on any atom is 0.295 e. The highest BCUT2D eigenvalue weighted by Gasteiger charge is 2.17. The van der Waals surface area contributed by atoms with Gasteiger partial charge in [0.2, 0.25) is 5.13 Å². The van der Waals surface area contributed by atoms with Crippen molar-refractivity contribution in [3.8, 4) is 16.7 Å². The fraction of sp³-hybridized carbons (Fsp3) is 0.222. The van der Waals surface area contributed by atoms with Crippen molar-refractivity contribution in [3.63, 3.8) is 0 Å². The summed E-state index contributed by atoms with van der Waals surface area (Å²) in [5.41, 5.74) is 2.09. The van der Waals surface area contributed by atoms with E-state index < -0.39 is 6.10 Å². The van der Waals surface area contributed by atoms with Gasteiger partial charge in [0.05, 0.1) is 21.3 Å². The molecule has 136 valence electrons. The summed E-state index contributed by atoms with van der Waals surface area (Å²) in [5, 5.41) is 23.0. The SMILES string of the molecule is COc1ccc(C(O)c2cc(OC)ccc2Nc2nnc(OC)s2)cc1. The first-order valence-electron chi connectivity index (χ1n) is 7.79. The molecule has 0 aliphatic carbocycles. The van der Waals surface area contributed by atoms with Crippen molar-refractivity contribution in [3.05, 3.63) is 53.6 Å². The van der Waals surface area contributed by atoms with E-state index in [9.17, 15) is 5.11 Å². The van der Waals surface area contributed by atoms with Crippen LogP contribution >= 0.6 is 11.3 Å². The summed E-state index contributed by atoms with van der Waals surface area (Å²) in [5.74, 6) is 1.37. The Labute approximate surface area is 155 Å². The predicted molar refractivity (Wildman–Crippen MR) is 99.8 cm³/mol. The van der Waals surface area contributed by atoms with E-state index in [2.05, 4.69) is 15.5 Å². The van der Waals surface area contributed by atoms with Crippen LogP contribution in [0.4, 0.5) is 10.8 Å². The first-order chi connectivity index (χ1) is 12.6. The van der Waals surface area contributed by atoms with Gasteiger partial charge in [0.1, 0.15) is 17.6 Å². The fourth-order valence-corrected chi connectivity index (χ4v) is 3.00. The number of hydrogen-bond donors (Lipinski definition) is 2. The Bertz CT molecular complexity index is 867. The molecule has 2 N–H and O–H groups in total. The molecule has 8 heteroatoms. The Morgan fingerprint density at radius 3 is 2.23 bits per heavy atom. The lowest BCUT2D eigenvalue weighted by atomic mass is 9.99. The van der Waals surface area contributed by atoms with Crippen molar-refractivity contribution in [1.29, 1.82) is 0 Å². The van der Waals surface area contributed by atoms with Crippen molar-refractivity contribution < 1.29 is 19.3 Å². The number of benzene rings is 2. The maximum atomic E-state index is 10.9. The van der Waals surface area contributed by atoms with E-state index in [0.717, 1.165) is 11.3 Å². The van der Waals surface area contributed by atoms with E-state index >= 15 is 0 Å².